The van der Waals surface area contributed by atoms with Crippen molar-refractivity contribution >= 4 is 23.4 Å². The highest BCUT2D eigenvalue weighted by atomic mass is 32.2. The molecule has 3 aromatic rings. The Bertz CT molecular complexity index is 1050. The van der Waals surface area contributed by atoms with Crippen molar-refractivity contribution in [2.75, 3.05) is 11.1 Å². The lowest BCUT2D eigenvalue weighted by Crippen LogP contribution is -2.16. The third-order valence-corrected chi connectivity index (χ3v) is 6.38. The summed E-state index contributed by atoms with van der Waals surface area (Å²) >= 11 is 1.47. The Hall–Kier alpha value is -2.61. The maximum Gasteiger partial charge on any atom is 0.234 e. The molecule has 29 heavy (non-hydrogen) atoms. The maximum atomic E-state index is 12.7. The normalized spacial score (nSPS) is 16.2. The first-order valence-corrected chi connectivity index (χ1v) is 11.1. The molecule has 0 radical (unpaired) electrons. The fraction of sp³-hybridized carbons (Fsp3) is 0.429. The second-order valence-electron chi connectivity index (χ2n) is 7.85. The summed E-state index contributed by atoms with van der Waals surface area (Å²) in [7, 11) is 0. The van der Waals surface area contributed by atoms with Crippen molar-refractivity contribution in [3.8, 4) is 5.69 Å². The molecule has 1 aromatic carbocycles. The molecule has 1 N–H and O–H groups in total. The number of aromatic nitrogens is 5. The standard InChI is InChI=1S/C21H24N6OS/c1-13-19(14(2)27(25-13)17-6-4-3-5-7-17)22-18(28)12-29-21-24-23-20(15-8-9-15)26(21)16-10-11-16/h3-7,15-16H,8-12H2,1-2H3,(H,22,28). The van der Waals surface area contributed by atoms with Gasteiger partial charge in [-0.2, -0.15) is 5.10 Å². The van der Waals surface area contributed by atoms with E-state index in [4.69, 9.17) is 0 Å². The van der Waals surface area contributed by atoms with E-state index in [2.05, 4.69) is 25.2 Å². The molecule has 2 aromatic heterocycles. The van der Waals surface area contributed by atoms with Crippen LogP contribution < -0.4 is 5.32 Å². The van der Waals surface area contributed by atoms with Gasteiger partial charge >= 0.3 is 0 Å². The summed E-state index contributed by atoms with van der Waals surface area (Å²) in [6.45, 7) is 3.89. The van der Waals surface area contributed by atoms with E-state index in [0.29, 0.717) is 17.7 Å². The molecule has 150 valence electrons. The van der Waals surface area contributed by atoms with Crippen molar-refractivity contribution < 1.29 is 4.79 Å². The minimum absolute atomic E-state index is 0.0490. The molecule has 7 nitrogen and oxygen atoms in total. The lowest BCUT2D eigenvalue weighted by molar-refractivity contribution is -0.113. The largest absolute Gasteiger partial charge is 0.322 e. The van der Waals surface area contributed by atoms with Crippen LogP contribution in [0.25, 0.3) is 5.69 Å². The van der Waals surface area contributed by atoms with Crippen molar-refractivity contribution in [3.63, 3.8) is 0 Å². The van der Waals surface area contributed by atoms with E-state index in [1.807, 2.05) is 48.9 Å². The van der Waals surface area contributed by atoms with Crippen molar-refractivity contribution in [1.29, 1.82) is 0 Å². The molecule has 8 heteroatoms. The van der Waals surface area contributed by atoms with Gasteiger partial charge in [-0.1, -0.05) is 30.0 Å². The fourth-order valence-corrected chi connectivity index (χ4v) is 4.45. The first-order chi connectivity index (χ1) is 14.1. The number of anilines is 1. The van der Waals surface area contributed by atoms with Gasteiger partial charge in [-0.15, -0.1) is 10.2 Å². The Morgan fingerprint density at radius 2 is 1.90 bits per heavy atom. The lowest BCUT2D eigenvalue weighted by Gasteiger charge is -2.09. The van der Waals surface area contributed by atoms with Crippen molar-refractivity contribution in [2.45, 2.75) is 56.6 Å². The van der Waals surface area contributed by atoms with Gasteiger partial charge in [-0.3, -0.25) is 4.79 Å². The quantitative estimate of drug-likeness (QED) is 0.598. The molecule has 0 bridgehead atoms. The van der Waals surface area contributed by atoms with Gasteiger partial charge in [0.2, 0.25) is 5.91 Å². The zero-order valence-corrected chi connectivity index (χ0v) is 17.4. The van der Waals surface area contributed by atoms with Gasteiger partial charge in [-0.05, 0) is 51.7 Å². The summed E-state index contributed by atoms with van der Waals surface area (Å²) in [6.07, 6.45) is 4.79. The number of hydrogen-bond donors (Lipinski definition) is 1. The van der Waals surface area contributed by atoms with Gasteiger partial charge in [0.05, 0.1) is 28.5 Å². The molecule has 0 unspecified atom stereocenters. The monoisotopic (exact) mass is 408 g/mol. The zero-order chi connectivity index (χ0) is 20.0. The predicted molar refractivity (Wildman–Crippen MR) is 113 cm³/mol. The third kappa shape index (κ3) is 3.69. The minimum Gasteiger partial charge on any atom is -0.322 e. The first-order valence-electron chi connectivity index (χ1n) is 10.1. The number of aryl methyl sites for hydroxylation is 1. The fourth-order valence-electron chi connectivity index (χ4n) is 3.63. The van der Waals surface area contributed by atoms with E-state index in [1.54, 1.807) is 0 Å². The second-order valence-corrected chi connectivity index (χ2v) is 8.79. The average Bonchev–Trinajstić information content (AvgIpc) is 3.66. The number of amides is 1. The third-order valence-electron chi connectivity index (χ3n) is 5.43. The Morgan fingerprint density at radius 3 is 2.59 bits per heavy atom. The highest BCUT2D eigenvalue weighted by Crippen LogP contribution is 2.46. The Labute approximate surface area is 173 Å². The van der Waals surface area contributed by atoms with Gasteiger partial charge < -0.3 is 9.88 Å². The molecule has 2 saturated carbocycles. The Kier molecular flexibility index (Phi) is 4.66. The van der Waals surface area contributed by atoms with E-state index in [9.17, 15) is 4.79 Å². The van der Waals surface area contributed by atoms with Crippen LogP contribution in [0.15, 0.2) is 35.5 Å². The Balaban J connectivity index is 1.28. The summed E-state index contributed by atoms with van der Waals surface area (Å²) in [5.41, 5.74) is 3.49. The minimum atomic E-state index is -0.0490. The molecule has 0 atom stereocenters. The van der Waals surface area contributed by atoms with Crippen LogP contribution in [0.1, 0.15) is 54.9 Å². The molecule has 0 aliphatic heterocycles. The van der Waals surface area contributed by atoms with Crippen LogP contribution >= 0.6 is 11.8 Å². The molecule has 2 heterocycles. The molecule has 5 rings (SSSR count). The first kappa shape index (κ1) is 18.4. The topological polar surface area (TPSA) is 77.6 Å². The highest BCUT2D eigenvalue weighted by molar-refractivity contribution is 7.99. The molecule has 2 fully saturated rings. The van der Waals surface area contributed by atoms with Crippen LogP contribution in [0.2, 0.25) is 0 Å². The smallest absolute Gasteiger partial charge is 0.234 e. The molecule has 2 aliphatic rings. The molecule has 0 spiro atoms. The lowest BCUT2D eigenvalue weighted by atomic mass is 10.3. The molecule has 2 aliphatic carbocycles. The van der Waals surface area contributed by atoms with Gasteiger partial charge in [0.1, 0.15) is 5.82 Å². The number of benzene rings is 1. The van der Waals surface area contributed by atoms with E-state index in [-0.39, 0.29) is 5.91 Å². The highest BCUT2D eigenvalue weighted by Gasteiger charge is 2.36. The van der Waals surface area contributed by atoms with Crippen LogP contribution in [-0.2, 0) is 4.79 Å². The van der Waals surface area contributed by atoms with Gasteiger partial charge in [-0.25, -0.2) is 4.68 Å². The van der Waals surface area contributed by atoms with Crippen LogP contribution in [0.4, 0.5) is 5.69 Å². The van der Waals surface area contributed by atoms with Gasteiger partial charge in [0.25, 0.3) is 0 Å². The number of thioether (sulfide) groups is 1. The summed E-state index contributed by atoms with van der Waals surface area (Å²) in [5.74, 6) is 1.95. The van der Waals surface area contributed by atoms with Crippen molar-refractivity contribution in [2.24, 2.45) is 0 Å². The Morgan fingerprint density at radius 1 is 1.14 bits per heavy atom. The molecular formula is C21H24N6OS. The molecular weight excluding hydrogens is 384 g/mol. The average molecular weight is 409 g/mol. The van der Waals surface area contributed by atoms with Crippen LogP contribution in [0.3, 0.4) is 0 Å². The van der Waals surface area contributed by atoms with Crippen molar-refractivity contribution in [1.82, 2.24) is 24.5 Å². The number of carbonyl (C=O) groups is 1. The van der Waals surface area contributed by atoms with Crippen LogP contribution in [0, 0.1) is 13.8 Å². The van der Waals surface area contributed by atoms with Crippen LogP contribution in [-0.4, -0.2) is 36.2 Å². The molecule has 0 saturated heterocycles. The maximum absolute atomic E-state index is 12.7. The predicted octanol–water partition coefficient (Wildman–Crippen LogP) is 4.02. The summed E-state index contributed by atoms with van der Waals surface area (Å²) in [6, 6.07) is 10.5. The summed E-state index contributed by atoms with van der Waals surface area (Å²) in [5, 5.41) is 17.3. The van der Waals surface area contributed by atoms with E-state index in [0.717, 1.165) is 33.7 Å². The second kappa shape index (κ2) is 7.33. The summed E-state index contributed by atoms with van der Waals surface area (Å²) in [4.78, 5) is 12.7. The SMILES string of the molecule is Cc1nn(-c2ccccc2)c(C)c1NC(=O)CSc1nnc(C2CC2)n1C1CC1. The van der Waals surface area contributed by atoms with E-state index >= 15 is 0 Å². The van der Waals surface area contributed by atoms with Crippen LogP contribution in [0.5, 0.6) is 0 Å². The van der Waals surface area contributed by atoms with Crippen molar-refractivity contribution in [3.05, 3.63) is 47.5 Å². The number of nitrogens with one attached hydrogen (secondary N) is 1. The number of rotatable bonds is 7. The number of carbonyl (C=O) groups excluding carboxylic acids is 1. The number of para-hydroxylation sites is 1. The number of hydrogen-bond acceptors (Lipinski definition) is 5. The van der Waals surface area contributed by atoms with Gasteiger partial charge in [0, 0.05) is 12.0 Å². The molecule has 1 amide bonds. The number of nitrogens with zero attached hydrogens (tertiary/aromatic N) is 5. The summed E-state index contributed by atoms with van der Waals surface area (Å²) < 4.78 is 4.14. The van der Waals surface area contributed by atoms with Gasteiger partial charge in [0.15, 0.2) is 5.16 Å². The van der Waals surface area contributed by atoms with E-state index in [1.165, 1.54) is 37.4 Å². The zero-order valence-electron chi connectivity index (χ0n) is 16.6. The van der Waals surface area contributed by atoms with E-state index < -0.39 is 0 Å².